The summed E-state index contributed by atoms with van der Waals surface area (Å²) in [6.07, 6.45) is 1.16. The Kier molecular flexibility index (Phi) is 7.32. The van der Waals surface area contributed by atoms with Crippen molar-refractivity contribution in [1.82, 2.24) is 5.32 Å². The third-order valence-corrected chi connectivity index (χ3v) is 4.29. The van der Waals surface area contributed by atoms with Crippen LogP contribution in [-0.2, 0) is 0 Å². The Labute approximate surface area is 122 Å². The van der Waals surface area contributed by atoms with Crippen LogP contribution < -0.4 is 10.1 Å². The number of rotatable bonds is 8. The Morgan fingerprint density at radius 2 is 1.79 bits per heavy atom. The van der Waals surface area contributed by atoms with Crippen molar-refractivity contribution < 1.29 is 4.74 Å². The van der Waals surface area contributed by atoms with Gasteiger partial charge < -0.3 is 10.1 Å². The van der Waals surface area contributed by atoms with E-state index in [1.54, 1.807) is 7.11 Å². The predicted molar refractivity (Wildman–Crippen MR) is 86.2 cm³/mol. The van der Waals surface area contributed by atoms with Crippen LogP contribution in [0.2, 0.25) is 0 Å². The molecule has 2 unspecified atom stereocenters. The van der Waals surface area contributed by atoms with E-state index in [2.05, 4.69) is 45.1 Å². The number of hydrogen-bond donors (Lipinski definition) is 1. The van der Waals surface area contributed by atoms with Crippen molar-refractivity contribution >= 4 is 11.8 Å². The Balaban J connectivity index is 2.81. The van der Waals surface area contributed by atoms with Crippen molar-refractivity contribution in [3.05, 3.63) is 29.8 Å². The highest BCUT2D eigenvalue weighted by Gasteiger charge is 2.20. The van der Waals surface area contributed by atoms with E-state index in [9.17, 15) is 0 Å². The molecule has 2 atom stereocenters. The second-order valence-corrected chi connectivity index (χ2v) is 7.05. The second-order valence-electron chi connectivity index (χ2n) is 5.09. The summed E-state index contributed by atoms with van der Waals surface area (Å²) in [5.74, 6) is 0.919. The topological polar surface area (TPSA) is 21.3 Å². The maximum Gasteiger partial charge on any atom is 0.118 e. The Hall–Kier alpha value is -0.670. The van der Waals surface area contributed by atoms with E-state index in [-0.39, 0.29) is 0 Å². The zero-order valence-electron chi connectivity index (χ0n) is 12.8. The molecular formula is C16H27NOS. The summed E-state index contributed by atoms with van der Waals surface area (Å²) in [6.45, 7) is 10.1. The third kappa shape index (κ3) is 5.45. The number of ether oxygens (including phenoxy) is 1. The van der Waals surface area contributed by atoms with Gasteiger partial charge in [0.1, 0.15) is 5.75 Å². The van der Waals surface area contributed by atoms with Crippen LogP contribution in [0, 0.1) is 0 Å². The van der Waals surface area contributed by atoms with Crippen LogP contribution >= 0.6 is 11.8 Å². The van der Waals surface area contributed by atoms with Crippen LogP contribution in [-0.4, -0.2) is 24.2 Å². The molecule has 0 bridgehead atoms. The Morgan fingerprint density at radius 1 is 1.16 bits per heavy atom. The molecule has 1 aromatic rings. The standard InChI is InChI=1S/C16H27NOS/c1-6-11-17-16(13(4)19-12(2)3)14-7-9-15(18-5)10-8-14/h7-10,12-13,16-17H,6,11H2,1-5H3. The van der Waals surface area contributed by atoms with Gasteiger partial charge in [-0.2, -0.15) is 11.8 Å². The molecule has 3 heteroatoms. The van der Waals surface area contributed by atoms with Gasteiger partial charge in [0.2, 0.25) is 0 Å². The van der Waals surface area contributed by atoms with Gasteiger partial charge >= 0.3 is 0 Å². The lowest BCUT2D eigenvalue weighted by Crippen LogP contribution is -2.30. The molecular weight excluding hydrogens is 254 g/mol. The van der Waals surface area contributed by atoms with Crippen molar-refractivity contribution in [2.45, 2.75) is 50.7 Å². The number of benzene rings is 1. The van der Waals surface area contributed by atoms with Gasteiger partial charge in [-0.25, -0.2) is 0 Å². The maximum absolute atomic E-state index is 5.23. The van der Waals surface area contributed by atoms with Crippen molar-refractivity contribution in [1.29, 1.82) is 0 Å². The zero-order valence-corrected chi connectivity index (χ0v) is 13.6. The summed E-state index contributed by atoms with van der Waals surface area (Å²) in [7, 11) is 1.71. The SMILES string of the molecule is CCCNC(c1ccc(OC)cc1)C(C)SC(C)C. The summed E-state index contributed by atoms with van der Waals surface area (Å²) in [4.78, 5) is 0. The molecule has 0 aliphatic rings. The molecule has 0 heterocycles. The summed E-state index contributed by atoms with van der Waals surface area (Å²) in [6, 6.07) is 8.83. The van der Waals surface area contributed by atoms with Gasteiger partial charge in [0.05, 0.1) is 7.11 Å². The maximum atomic E-state index is 5.23. The van der Waals surface area contributed by atoms with Crippen molar-refractivity contribution in [2.24, 2.45) is 0 Å². The summed E-state index contributed by atoms with van der Waals surface area (Å²) in [5.41, 5.74) is 1.34. The molecule has 108 valence electrons. The fourth-order valence-electron chi connectivity index (χ4n) is 2.17. The van der Waals surface area contributed by atoms with Crippen LogP contribution in [0.25, 0.3) is 0 Å². The fourth-order valence-corrected chi connectivity index (χ4v) is 3.44. The third-order valence-electron chi connectivity index (χ3n) is 3.05. The normalized spacial score (nSPS) is 14.4. The van der Waals surface area contributed by atoms with Crippen molar-refractivity contribution in [3.63, 3.8) is 0 Å². The zero-order chi connectivity index (χ0) is 14.3. The number of thioether (sulfide) groups is 1. The highest BCUT2D eigenvalue weighted by atomic mass is 32.2. The largest absolute Gasteiger partial charge is 0.497 e. The quantitative estimate of drug-likeness (QED) is 0.769. The van der Waals surface area contributed by atoms with Gasteiger partial charge in [-0.15, -0.1) is 0 Å². The van der Waals surface area contributed by atoms with Crippen molar-refractivity contribution in [2.75, 3.05) is 13.7 Å². The first-order valence-corrected chi connectivity index (χ1v) is 8.05. The van der Waals surface area contributed by atoms with Crippen molar-refractivity contribution in [3.8, 4) is 5.75 Å². The molecule has 0 amide bonds. The lowest BCUT2D eigenvalue weighted by molar-refractivity contribution is 0.414. The Morgan fingerprint density at radius 3 is 2.26 bits per heavy atom. The van der Waals surface area contributed by atoms with E-state index in [1.807, 2.05) is 23.9 Å². The van der Waals surface area contributed by atoms with Gasteiger partial charge in [-0.05, 0) is 35.9 Å². The van der Waals surface area contributed by atoms with E-state index in [0.29, 0.717) is 16.5 Å². The fraction of sp³-hybridized carbons (Fsp3) is 0.625. The summed E-state index contributed by atoms with van der Waals surface area (Å²) in [5, 5.41) is 4.87. The van der Waals surface area contributed by atoms with Gasteiger partial charge in [0.25, 0.3) is 0 Å². The minimum absolute atomic E-state index is 0.401. The molecule has 0 saturated carbocycles. The average molecular weight is 281 g/mol. The Bertz CT molecular complexity index is 350. The van der Waals surface area contributed by atoms with Gasteiger partial charge in [-0.1, -0.05) is 39.8 Å². The van der Waals surface area contributed by atoms with E-state index >= 15 is 0 Å². The van der Waals surface area contributed by atoms with Crippen LogP contribution in [0.1, 0.15) is 45.7 Å². The first-order valence-electron chi connectivity index (χ1n) is 7.11. The van der Waals surface area contributed by atoms with Gasteiger partial charge in [0, 0.05) is 11.3 Å². The molecule has 0 aliphatic heterocycles. The van der Waals surface area contributed by atoms with Crippen LogP contribution in [0.4, 0.5) is 0 Å². The predicted octanol–water partition coefficient (Wildman–Crippen LogP) is 4.27. The minimum atomic E-state index is 0.401. The van der Waals surface area contributed by atoms with E-state index in [4.69, 9.17) is 4.74 Å². The lowest BCUT2D eigenvalue weighted by atomic mass is 10.0. The number of hydrogen-bond acceptors (Lipinski definition) is 3. The molecule has 19 heavy (non-hydrogen) atoms. The molecule has 1 rings (SSSR count). The second kappa shape index (κ2) is 8.49. The average Bonchev–Trinajstić information content (AvgIpc) is 2.39. The van der Waals surface area contributed by atoms with E-state index in [0.717, 1.165) is 18.7 Å². The number of methoxy groups -OCH3 is 1. The summed E-state index contributed by atoms with van der Waals surface area (Å²) >= 11 is 2.02. The molecule has 1 N–H and O–H groups in total. The van der Waals surface area contributed by atoms with E-state index in [1.165, 1.54) is 5.56 Å². The highest BCUT2D eigenvalue weighted by Crippen LogP contribution is 2.30. The molecule has 1 aromatic carbocycles. The molecule has 0 aromatic heterocycles. The molecule has 0 radical (unpaired) electrons. The smallest absolute Gasteiger partial charge is 0.118 e. The minimum Gasteiger partial charge on any atom is -0.497 e. The first kappa shape index (κ1) is 16.4. The lowest BCUT2D eigenvalue weighted by Gasteiger charge is -2.26. The first-order chi connectivity index (χ1) is 9.08. The van der Waals surface area contributed by atoms with Gasteiger partial charge in [0.15, 0.2) is 0 Å². The summed E-state index contributed by atoms with van der Waals surface area (Å²) < 4.78 is 5.23. The van der Waals surface area contributed by atoms with Gasteiger partial charge in [-0.3, -0.25) is 0 Å². The molecule has 0 spiro atoms. The molecule has 0 saturated heterocycles. The van der Waals surface area contributed by atoms with Crippen LogP contribution in [0.3, 0.4) is 0 Å². The molecule has 0 fully saturated rings. The highest BCUT2D eigenvalue weighted by molar-refractivity contribution is 8.00. The van der Waals surface area contributed by atoms with E-state index < -0.39 is 0 Å². The molecule has 2 nitrogen and oxygen atoms in total. The van der Waals surface area contributed by atoms with Crippen LogP contribution in [0.15, 0.2) is 24.3 Å². The monoisotopic (exact) mass is 281 g/mol. The molecule has 0 aliphatic carbocycles. The number of nitrogens with one attached hydrogen (secondary N) is 1. The van der Waals surface area contributed by atoms with Crippen LogP contribution in [0.5, 0.6) is 5.75 Å².